The van der Waals surface area contributed by atoms with Crippen molar-refractivity contribution in [2.24, 2.45) is 0 Å². The second kappa shape index (κ2) is 24.7. The maximum Gasteiger partial charge on any atom is 0.123 e. The van der Waals surface area contributed by atoms with Crippen LogP contribution in [0.5, 0.6) is 0 Å². The van der Waals surface area contributed by atoms with Gasteiger partial charge in [-0.1, -0.05) is 164 Å². The molecule has 0 atom stereocenters. The fourth-order valence-corrected chi connectivity index (χ4v) is 15.7. The number of rotatable bonds is 13. The highest BCUT2D eigenvalue weighted by Crippen LogP contribution is 2.44. The molecule has 438 valence electrons. The summed E-state index contributed by atoms with van der Waals surface area (Å²) in [5.74, 6) is -0.238. The lowest BCUT2D eigenvalue weighted by atomic mass is 10.0. The molecule has 17 rings (SSSR count). The molecule has 0 saturated carbocycles. The largest absolute Gasteiger partial charge is 0.355 e. The van der Waals surface area contributed by atoms with Crippen molar-refractivity contribution in [3.63, 3.8) is 0 Å². The number of para-hydroxylation sites is 3. The number of halogens is 1. The molecule has 0 spiro atoms. The van der Waals surface area contributed by atoms with Crippen LogP contribution in [0.3, 0.4) is 0 Å². The molecule has 0 saturated heterocycles. The molecule has 0 aliphatic rings. The summed E-state index contributed by atoms with van der Waals surface area (Å²) in [7, 11) is 0. The molecule has 3 aromatic heterocycles. The van der Waals surface area contributed by atoms with Gasteiger partial charge in [0.2, 0.25) is 0 Å². The molecule has 0 fully saturated rings. The van der Waals surface area contributed by atoms with Gasteiger partial charge in [0.1, 0.15) is 5.82 Å². The zero-order valence-electron chi connectivity index (χ0n) is 49.8. The van der Waals surface area contributed by atoms with Gasteiger partial charge in [-0.3, -0.25) is 0 Å². The van der Waals surface area contributed by atoms with Crippen molar-refractivity contribution < 1.29 is 4.39 Å². The Hall–Kier alpha value is -11.1. The molecule has 0 bridgehead atoms. The molecule has 0 radical (unpaired) electrons. The van der Waals surface area contributed by atoms with Gasteiger partial charge < -0.3 is 20.4 Å². The van der Waals surface area contributed by atoms with Crippen LogP contribution in [-0.4, -0.2) is 0 Å². The molecule has 92 heavy (non-hydrogen) atoms. The molecule has 8 heteroatoms. The maximum atomic E-state index is 13.3. The first kappa shape index (κ1) is 56.1. The van der Waals surface area contributed by atoms with Crippen LogP contribution >= 0.6 is 34.0 Å². The number of hydrogen-bond donors (Lipinski definition) is 2. The van der Waals surface area contributed by atoms with E-state index in [2.05, 4.69) is 318 Å². The highest BCUT2D eigenvalue weighted by Gasteiger charge is 2.18. The lowest BCUT2D eigenvalue weighted by Crippen LogP contribution is -2.09. The van der Waals surface area contributed by atoms with Crippen molar-refractivity contribution in [3.05, 3.63) is 339 Å². The molecule has 4 nitrogen and oxygen atoms in total. The van der Waals surface area contributed by atoms with Gasteiger partial charge in [-0.25, -0.2) is 4.39 Å². The molecule has 0 amide bonds. The summed E-state index contributed by atoms with van der Waals surface area (Å²) in [5.41, 5.74) is 18.0. The Bertz CT molecular complexity index is 5440. The van der Waals surface area contributed by atoms with Gasteiger partial charge in [-0.05, 0) is 203 Å². The predicted octanol–water partition coefficient (Wildman–Crippen LogP) is 26.0. The first-order chi connectivity index (χ1) is 45.4. The molecule has 17 aromatic rings. The Balaban J connectivity index is 0.000000146. The average molecular weight is 1240 g/mol. The summed E-state index contributed by atoms with van der Waals surface area (Å²) in [6.45, 7) is 0. The Kier molecular flexibility index (Phi) is 15.1. The van der Waals surface area contributed by atoms with Crippen molar-refractivity contribution in [1.82, 2.24) is 0 Å². The number of fused-ring (bicyclic) bond motifs is 9. The van der Waals surface area contributed by atoms with E-state index in [4.69, 9.17) is 0 Å². The van der Waals surface area contributed by atoms with Gasteiger partial charge in [0.15, 0.2) is 0 Å². The normalized spacial score (nSPS) is 11.3. The highest BCUT2D eigenvalue weighted by atomic mass is 32.1. The molecule has 0 unspecified atom stereocenters. The van der Waals surface area contributed by atoms with E-state index < -0.39 is 0 Å². The quantitative estimate of drug-likeness (QED) is 0.120. The van der Waals surface area contributed by atoms with Gasteiger partial charge in [-0.2, -0.15) is 0 Å². The summed E-state index contributed by atoms with van der Waals surface area (Å²) >= 11 is 5.49. The molecular weight excluding hydrogens is 1180 g/mol. The van der Waals surface area contributed by atoms with Crippen LogP contribution in [0.15, 0.2) is 334 Å². The van der Waals surface area contributed by atoms with Crippen LogP contribution in [0.1, 0.15) is 0 Å². The Morgan fingerprint density at radius 2 is 0.533 bits per heavy atom. The number of benzene rings is 14. The second-order valence-corrected chi connectivity index (χ2v) is 26.0. The van der Waals surface area contributed by atoms with Crippen LogP contribution in [0, 0.1) is 5.82 Å². The first-order valence-corrected chi connectivity index (χ1v) is 33.2. The summed E-state index contributed by atoms with van der Waals surface area (Å²) in [5, 5.41) is 14.6. The topological polar surface area (TPSA) is 30.5 Å². The second-order valence-electron chi connectivity index (χ2n) is 22.8. The molecule has 14 aromatic carbocycles. The minimum absolute atomic E-state index is 0.238. The zero-order valence-corrected chi connectivity index (χ0v) is 52.2. The third kappa shape index (κ3) is 11.4. The summed E-state index contributed by atoms with van der Waals surface area (Å²) in [4.78, 5) is 4.65. The number of nitrogens with one attached hydrogen (secondary N) is 2. The molecule has 2 N–H and O–H groups in total. The van der Waals surface area contributed by atoms with Crippen LogP contribution in [-0.2, 0) is 0 Å². The van der Waals surface area contributed by atoms with E-state index in [9.17, 15) is 4.39 Å². The third-order valence-electron chi connectivity index (χ3n) is 16.9. The average Bonchev–Trinajstić information content (AvgIpc) is 1.64. The smallest absolute Gasteiger partial charge is 0.123 e. The SMILES string of the molecule is Fc1ccc(Nc2ccc3c(c2)sc2ccc(-c4ccc(N(c5ccccc5)c5ccc(-c6ccccc6)cc5)cc4)cc23)cc1.c1ccc(Nc2ccc3c(c2)sc2ccc(-c4ccc(N(c5ccccc5)c5ccc6sc7ccccc7c6c5)cc4)cc23)cc1. The van der Waals surface area contributed by atoms with E-state index in [1.165, 1.54) is 106 Å². The van der Waals surface area contributed by atoms with Crippen molar-refractivity contribution in [3.8, 4) is 33.4 Å². The van der Waals surface area contributed by atoms with E-state index in [1.54, 1.807) is 23.5 Å². The Morgan fingerprint density at radius 1 is 0.207 bits per heavy atom. The number of nitrogens with zero attached hydrogens (tertiary/aromatic N) is 2. The van der Waals surface area contributed by atoms with Gasteiger partial charge in [-0.15, -0.1) is 34.0 Å². The van der Waals surface area contributed by atoms with Crippen molar-refractivity contribution in [2.75, 3.05) is 20.4 Å². The number of anilines is 10. The van der Waals surface area contributed by atoms with E-state index in [-0.39, 0.29) is 5.82 Å². The van der Waals surface area contributed by atoms with E-state index in [0.717, 1.165) is 56.9 Å². The van der Waals surface area contributed by atoms with Gasteiger partial charge >= 0.3 is 0 Å². The van der Waals surface area contributed by atoms with Gasteiger partial charge in [0.05, 0.1) is 0 Å². The number of hydrogen-bond acceptors (Lipinski definition) is 7. The molecule has 3 heterocycles. The highest BCUT2D eigenvalue weighted by molar-refractivity contribution is 7.26. The Morgan fingerprint density at radius 3 is 1.04 bits per heavy atom. The number of thiophene rings is 3. The lowest BCUT2D eigenvalue weighted by Gasteiger charge is -2.26. The fourth-order valence-electron chi connectivity index (χ4n) is 12.4. The third-order valence-corrected chi connectivity index (χ3v) is 20.4. The van der Waals surface area contributed by atoms with E-state index >= 15 is 0 Å². The lowest BCUT2D eigenvalue weighted by molar-refractivity contribution is 0.628. The van der Waals surface area contributed by atoms with Gasteiger partial charge in [0, 0.05) is 117 Å². The van der Waals surface area contributed by atoms with E-state index in [1.807, 2.05) is 34.8 Å². The fraction of sp³-hybridized carbons (Fsp3) is 0. The molecular formula is C84H57FN4S3. The zero-order chi connectivity index (χ0) is 61.3. The van der Waals surface area contributed by atoms with Crippen LogP contribution < -0.4 is 20.4 Å². The van der Waals surface area contributed by atoms with Crippen molar-refractivity contribution in [2.45, 2.75) is 0 Å². The first-order valence-electron chi connectivity index (χ1n) is 30.7. The molecule has 0 aliphatic heterocycles. The monoisotopic (exact) mass is 1240 g/mol. The predicted molar refractivity (Wildman–Crippen MR) is 397 cm³/mol. The van der Waals surface area contributed by atoms with Crippen LogP contribution in [0.25, 0.3) is 93.9 Å². The summed E-state index contributed by atoms with van der Waals surface area (Å²) < 4.78 is 21.0. The Labute approximate surface area is 545 Å². The molecule has 0 aliphatic carbocycles. The standard InChI is InChI=1S/C42H29FN2S.C42H28N2S2/c43-33-16-18-34(19-17-33)44-35-20-25-39-40-27-32(15-26-41(40)46-42(39)28-35)31-13-23-38(24-14-31)45(36-9-5-2-6-10-36)37-21-11-30(12-22-37)29-7-3-1-4-8-29;1-3-9-30(10-4-1)43-31-18-22-36-37-25-29(17-23-40(37)46-42(36)26-31)28-15-19-33(20-16-28)44(32-11-5-2-6-12-32)34-21-24-41-38(27-34)35-13-7-8-14-39(35)45-41/h1-28,44H;1-27,43H. The maximum absolute atomic E-state index is 13.3. The van der Waals surface area contributed by atoms with Crippen molar-refractivity contribution >= 4 is 151 Å². The summed E-state index contributed by atoms with van der Waals surface area (Å²) in [6, 6.07) is 117. The van der Waals surface area contributed by atoms with Crippen LogP contribution in [0.4, 0.5) is 61.3 Å². The minimum Gasteiger partial charge on any atom is -0.355 e. The van der Waals surface area contributed by atoms with Crippen molar-refractivity contribution in [1.29, 1.82) is 0 Å². The minimum atomic E-state index is -0.238. The van der Waals surface area contributed by atoms with E-state index in [0.29, 0.717) is 0 Å². The van der Waals surface area contributed by atoms with Crippen LogP contribution in [0.2, 0.25) is 0 Å². The summed E-state index contributed by atoms with van der Waals surface area (Å²) in [6.07, 6.45) is 0. The van der Waals surface area contributed by atoms with Gasteiger partial charge in [0.25, 0.3) is 0 Å².